The Balaban J connectivity index is 2.39. The summed E-state index contributed by atoms with van der Waals surface area (Å²) in [4.78, 5) is 20.0. The molecule has 1 aromatic rings. The van der Waals surface area contributed by atoms with Crippen LogP contribution in [0.15, 0.2) is 0 Å². The highest BCUT2D eigenvalue weighted by molar-refractivity contribution is 7.91. The Kier molecular flexibility index (Phi) is 3.88. The van der Waals surface area contributed by atoms with E-state index in [-0.39, 0.29) is 22.5 Å². The molecule has 2 rings (SSSR count). The number of hydrogen-bond acceptors (Lipinski definition) is 6. The van der Waals surface area contributed by atoms with Gasteiger partial charge in [0.15, 0.2) is 0 Å². The summed E-state index contributed by atoms with van der Waals surface area (Å²) in [6.45, 7) is 2.47. The Morgan fingerprint density at radius 1 is 1.39 bits per heavy atom. The van der Waals surface area contributed by atoms with Crippen molar-refractivity contribution in [1.29, 1.82) is 0 Å². The molecule has 0 unspecified atom stereocenters. The number of aromatic nitrogens is 2. The molecule has 1 aromatic heterocycles. The fourth-order valence-corrected chi connectivity index (χ4v) is 3.06. The first-order valence-corrected chi connectivity index (χ1v) is 7.14. The van der Waals surface area contributed by atoms with Crippen LogP contribution in [0.2, 0.25) is 5.28 Å². The van der Waals surface area contributed by atoms with Crippen LogP contribution in [0.25, 0.3) is 0 Å². The van der Waals surface area contributed by atoms with Crippen molar-refractivity contribution in [2.45, 2.75) is 6.92 Å². The standard InChI is InChI=1S/C9H11ClN4O3S/c1-6-7(14(15)16)8(12-9(10)11-6)13-2-4-18(17)5-3-13/h2-5H2,1H3. The topological polar surface area (TPSA) is 95.2 Å². The quantitative estimate of drug-likeness (QED) is 0.348. The lowest BCUT2D eigenvalue weighted by Gasteiger charge is -2.28. The van der Waals surface area contributed by atoms with Crippen LogP contribution in [-0.4, -0.2) is 44.0 Å². The van der Waals surface area contributed by atoms with Crippen LogP contribution < -0.4 is 4.90 Å². The minimum absolute atomic E-state index is 0.0141. The summed E-state index contributed by atoms with van der Waals surface area (Å²) in [6.07, 6.45) is 0. The third kappa shape index (κ3) is 2.65. The van der Waals surface area contributed by atoms with E-state index in [4.69, 9.17) is 11.6 Å². The van der Waals surface area contributed by atoms with Gasteiger partial charge >= 0.3 is 5.69 Å². The molecule has 0 bridgehead atoms. The highest BCUT2D eigenvalue weighted by atomic mass is 35.5. The zero-order valence-electron chi connectivity index (χ0n) is 9.63. The molecule has 0 aliphatic carbocycles. The second-order valence-corrected chi connectivity index (χ2v) is 5.88. The lowest BCUT2D eigenvalue weighted by atomic mass is 10.3. The number of nitro groups is 1. The average Bonchev–Trinajstić information content (AvgIpc) is 2.28. The van der Waals surface area contributed by atoms with Gasteiger partial charge in [-0.15, -0.1) is 0 Å². The minimum atomic E-state index is -0.851. The monoisotopic (exact) mass is 290 g/mol. The van der Waals surface area contributed by atoms with E-state index in [1.807, 2.05) is 0 Å². The van der Waals surface area contributed by atoms with Crippen molar-refractivity contribution in [2.24, 2.45) is 0 Å². The molecule has 0 radical (unpaired) electrons. The molecule has 0 saturated carbocycles. The molecule has 7 nitrogen and oxygen atoms in total. The van der Waals surface area contributed by atoms with Crippen molar-refractivity contribution >= 4 is 34.3 Å². The second-order valence-electron chi connectivity index (χ2n) is 3.84. The zero-order valence-corrected chi connectivity index (χ0v) is 11.2. The summed E-state index contributed by atoms with van der Waals surface area (Å²) in [5.41, 5.74) is 0.105. The van der Waals surface area contributed by atoms with Gasteiger partial charge in [-0.25, -0.2) is 4.98 Å². The summed E-state index contributed by atoms with van der Waals surface area (Å²) in [5, 5.41) is 11.0. The summed E-state index contributed by atoms with van der Waals surface area (Å²) in [5.74, 6) is 1.18. The van der Waals surface area contributed by atoms with Gasteiger partial charge in [0, 0.05) is 0 Å². The summed E-state index contributed by atoms with van der Waals surface area (Å²) in [6, 6.07) is 0. The van der Waals surface area contributed by atoms with Gasteiger partial charge in [-0.3, -0.25) is 10.1 Å². The van der Waals surface area contributed by atoms with E-state index in [0.717, 1.165) is 0 Å². The van der Waals surface area contributed by atoms with Gasteiger partial charge in [-0.1, -0.05) is 11.2 Å². The number of rotatable bonds is 2. The summed E-state index contributed by atoms with van der Waals surface area (Å²) < 4.78 is 11.3. The lowest BCUT2D eigenvalue weighted by molar-refractivity contribution is -0.385. The van der Waals surface area contributed by atoms with Crippen LogP contribution in [0.4, 0.5) is 11.5 Å². The largest absolute Gasteiger partial charge is 0.616 e. The molecule has 98 valence electrons. The molecule has 9 heteroatoms. The Labute approximate surface area is 112 Å². The molecule has 1 aliphatic rings. The number of hydrogen-bond donors (Lipinski definition) is 0. The fourth-order valence-electron chi connectivity index (χ4n) is 1.80. The first-order chi connectivity index (χ1) is 8.49. The molecule has 0 atom stereocenters. The van der Waals surface area contributed by atoms with Crippen molar-refractivity contribution < 1.29 is 9.48 Å². The van der Waals surface area contributed by atoms with Crippen molar-refractivity contribution in [3.8, 4) is 0 Å². The Morgan fingerprint density at radius 2 is 2.00 bits per heavy atom. The van der Waals surface area contributed by atoms with Crippen molar-refractivity contribution in [3.05, 3.63) is 21.1 Å². The molecule has 0 spiro atoms. The van der Waals surface area contributed by atoms with Crippen LogP contribution in [0.3, 0.4) is 0 Å². The first kappa shape index (κ1) is 13.3. The number of aryl methyl sites for hydroxylation is 1. The molecule has 0 amide bonds. The maximum absolute atomic E-state index is 11.3. The maximum Gasteiger partial charge on any atom is 0.332 e. The number of anilines is 1. The molecule has 1 fully saturated rings. The van der Waals surface area contributed by atoms with E-state index in [2.05, 4.69) is 9.97 Å². The average molecular weight is 291 g/mol. The highest BCUT2D eigenvalue weighted by Gasteiger charge is 2.29. The molecular formula is C9H11ClN4O3S. The van der Waals surface area contributed by atoms with Gasteiger partial charge in [0.1, 0.15) is 17.2 Å². The van der Waals surface area contributed by atoms with E-state index in [0.29, 0.717) is 24.6 Å². The maximum atomic E-state index is 11.3. The van der Waals surface area contributed by atoms with Crippen LogP contribution in [0.1, 0.15) is 5.69 Å². The Hall–Kier alpha value is -1.12. The van der Waals surface area contributed by atoms with Crippen molar-refractivity contribution in [2.75, 3.05) is 29.5 Å². The Morgan fingerprint density at radius 3 is 2.56 bits per heavy atom. The van der Waals surface area contributed by atoms with Crippen LogP contribution in [-0.2, 0) is 11.2 Å². The minimum Gasteiger partial charge on any atom is -0.616 e. The number of halogens is 1. The fraction of sp³-hybridized carbons (Fsp3) is 0.556. The van der Waals surface area contributed by atoms with Gasteiger partial charge in [-0.05, 0) is 18.5 Å². The van der Waals surface area contributed by atoms with Crippen LogP contribution >= 0.6 is 11.6 Å². The summed E-state index contributed by atoms with van der Waals surface area (Å²) in [7, 11) is 0. The lowest BCUT2D eigenvalue weighted by Crippen LogP contribution is -2.41. The van der Waals surface area contributed by atoms with Crippen molar-refractivity contribution in [1.82, 2.24) is 9.97 Å². The van der Waals surface area contributed by atoms with Gasteiger partial charge < -0.3 is 9.45 Å². The second kappa shape index (κ2) is 5.25. The van der Waals surface area contributed by atoms with E-state index in [1.54, 1.807) is 4.90 Å². The Bertz CT molecular complexity index is 479. The van der Waals surface area contributed by atoms with Gasteiger partial charge in [0.2, 0.25) is 11.1 Å². The molecule has 2 heterocycles. The van der Waals surface area contributed by atoms with Gasteiger partial charge in [0.05, 0.1) is 18.0 Å². The molecule has 0 aromatic carbocycles. The van der Waals surface area contributed by atoms with Gasteiger partial charge in [0.25, 0.3) is 0 Å². The number of nitrogens with zero attached hydrogens (tertiary/aromatic N) is 4. The predicted molar refractivity (Wildman–Crippen MR) is 68.5 cm³/mol. The molecule has 1 aliphatic heterocycles. The first-order valence-electron chi connectivity index (χ1n) is 5.27. The highest BCUT2D eigenvalue weighted by Crippen LogP contribution is 2.30. The molecule has 0 N–H and O–H groups in total. The van der Waals surface area contributed by atoms with Gasteiger partial charge in [-0.2, -0.15) is 4.98 Å². The van der Waals surface area contributed by atoms with E-state index < -0.39 is 16.1 Å². The van der Waals surface area contributed by atoms with Crippen LogP contribution in [0.5, 0.6) is 0 Å². The smallest absolute Gasteiger partial charge is 0.332 e. The van der Waals surface area contributed by atoms with E-state index >= 15 is 0 Å². The normalized spacial score (nSPS) is 16.9. The third-order valence-electron chi connectivity index (χ3n) is 2.67. The zero-order chi connectivity index (χ0) is 13.3. The third-order valence-corrected chi connectivity index (χ3v) is 4.12. The molecular weight excluding hydrogens is 280 g/mol. The van der Waals surface area contributed by atoms with Crippen molar-refractivity contribution in [3.63, 3.8) is 0 Å². The molecule has 1 saturated heterocycles. The van der Waals surface area contributed by atoms with E-state index in [9.17, 15) is 14.7 Å². The molecule has 18 heavy (non-hydrogen) atoms. The SMILES string of the molecule is Cc1nc(Cl)nc(N2CC[S+]([O-])CC2)c1[N+](=O)[O-]. The predicted octanol–water partition coefficient (Wildman–Crippen LogP) is 0.915. The summed E-state index contributed by atoms with van der Waals surface area (Å²) >= 11 is 4.89. The van der Waals surface area contributed by atoms with E-state index in [1.165, 1.54) is 6.92 Å². The van der Waals surface area contributed by atoms with Crippen LogP contribution in [0, 0.1) is 17.0 Å².